The van der Waals surface area contributed by atoms with E-state index in [1.807, 2.05) is 0 Å². The molecule has 0 amide bonds. The first kappa shape index (κ1) is 20.8. The number of nitrogens with one attached hydrogen (secondary N) is 1. The Labute approximate surface area is 195 Å². The van der Waals surface area contributed by atoms with Crippen LogP contribution in [0.1, 0.15) is 19.0 Å². The van der Waals surface area contributed by atoms with Gasteiger partial charge in [0.25, 0.3) is 0 Å². The van der Waals surface area contributed by atoms with E-state index in [9.17, 15) is 0 Å². The fourth-order valence-corrected chi connectivity index (χ4v) is 6.99. The molecule has 1 unspecified atom stereocenters. The molecule has 2 aromatic rings. The molecule has 0 saturated carbocycles. The van der Waals surface area contributed by atoms with Crippen LogP contribution in [-0.2, 0) is 6.42 Å². The van der Waals surface area contributed by atoms with Gasteiger partial charge in [0.2, 0.25) is 0 Å². The molecule has 4 aliphatic rings. The number of hydrogen-bond donors (Lipinski definition) is 1. The van der Waals surface area contributed by atoms with Crippen LogP contribution in [0, 0.1) is 11.8 Å². The molecule has 6 rings (SSSR count). The molecule has 0 aromatic carbocycles. The third-order valence-corrected chi connectivity index (χ3v) is 8.86. The van der Waals surface area contributed by atoms with Gasteiger partial charge in [-0.1, -0.05) is 19.1 Å². The Morgan fingerprint density at radius 2 is 1.78 bits per heavy atom. The molecule has 6 nitrogen and oxygen atoms in total. The van der Waals surface area contributed by atoms with Gasteiger partial charge in [-0.2, -0.15) is 0 Å². The number of aryl methyl sites for hydroxylation is 1. The second-order valence-electron chi connectivity index (χ2n) is 9.75. The minimum atomic E-state index is 0.566. The first-order chi connectivity index (χ1) is 15.7. The molecule has 6 heterocycles. The highest BCUT2D eigenvalue weighted by Crippen LogP contribution is 2.40. The molecular weight excluding hydrogens is 416 g/mol. The number of nitrogens with zero attached hydrogens (tertiary/aromatic N) is 5. The number of aromatic nitrogens is 2. The molecule has 170 valence electrons. The van der Waals surface area contributed by atoms with Gasteiger partial charge in [-0.05, 0) is 49.3 Å². The fourth-order valence-electron chi connectivity index (χ4n) is 6.59. The van der Waals surface area contributed by atoms with E-state index in [1.54, 1.807) is 11.8 Å². The predicted octanol–water partition coefficient (Wildman–Crippen LogP) is 2.75. The van der Waals surface area contributed by atoms with Crippen molar-refractivity contribution in [2.24, 2.45) is 11.8 Å². The van der Waals surface area contributed by atoms with E-state index in [0.717, 1.165) is 43.5 Å². The minimum Gasteiger partial charge on any atom is -0.352 e. The SMILES string of the molecule is CCc1cccc(N2CC(N3C[C@@H]4CCN(c5cccc(SC)n5)[C@@H]4C3)[C@@H]3CNC[C@@H]32)n1. The lowest BCUT2D eigenvalue weighted by atomic mass is 9.98. The second-order valence-corrected chi connectivity index (χ2v) is 10.6. The number of hydrogen-bond acceptors (Lipinski definition) is 7. The Bertz CT molecular complexity index is 969. The van der Waals surface area contributed by atoms with E-state index >= 15 is 0 Å². The molecule has 0 bridgehead atoms. The molecule has 0 radical (unpaired) electrons. The van der Waals surface area contributed by atoms with E-state index in [2.05, 4.69) is 69.6 Å². The van der Waals surface area contributed by atoms with Crippen LogP contribution in [0.4, 0.5) is 11.6 Å². The number of anilines is 2. The van der Waals surface area contributed by atoms with E-state index in [1.165, 1.54) is 36.8 Å². The van der Waals surface area contributed by atoms with Gasteiger partial charge in [0, 0.05) is 69.0 Å². The molecule has 4 saturated heterocycles. The number of fused-ring (bicyclic) bond motifs is 2. The van der Waals surface area contributed by atoms with Gasteiger partial charge in [0.05, 0.1) is 5.03 Å². The summed E-state index contributed by atoms with van der Waals surface area (Å²) < 4.78 is 0. The lowest BCUT2D eigenvalue weighted by Crippen LogP contribution is -2.44. The predicted molar refractivity (Wildman–Crippen MR) is 132 cm³/mol. The molecule has 4 fully saturated rings. The zero-order valence-corrected chi connectivity index (χ0v) is 20.0. The average Bonchev–Trinajstić information content (AvgIpc) is 3.59. The molecule has 4 aliphatic heterocycles. The molecule has 32 heavy (non-hydrogen) atoms. The van der Waals surface area contributed by atoms with Crippen LogP contribution in [0.3, 0.4) is 0 Å². The van der Waals surface area contributed by atoms with Crippen LogP contribution in [0.15, 0.2) is 41.4 Å². The first-order valence-electron chi connectivity index (χ1n) is 12.2. The Morgan fingerprint density at radius 3 is 2.62 bits per heavy atom. The van der Waals surface area contributed by atoms with Gasteiger partial charge in [-0.15, -0.1) is 11.8 Å². The minimum absolute atomic E-state index is 0.566. The van der Waals surface area contributed by atoms with Crippen molar-refractivity contribution in [3.8, 4) is 0 Å². The summed E-state index contributed by atoms with van der Waals surface area (Å²) in [6.45, 7) is 9.05. The van der Waals surface area contributed by atoms with Crippen LogP contribution >= 0.6 is 11.8 Å². The van der Waals surface area contributed by atoms with Crippen molar-refractivity contribution in [2.75, 3.05) is 55.3 Å². The molecular formula is C25H34N6S. The van der Waals surface area contributed by atoms with E-state index in [4.69, 9.17) is 9.97 Å². The summed E-state index contributed by atoms with van der Waals surface area (Å²) in [6.07, 6.45) is 4.39. The summed E-state index contributed by atoms with van der Waals surface area (Å²) in [7, 11) is 0. The molecule has 0 aliphatic carbocycles. The maximum absolute atomic E-state index is 4.98. The van der Waals surface area contributed by atoms with Crippen LogP contribution in [0.2, 0.25) is 0 Å². The Kier molecular flexibility index (Phi) is 5.52. The normalized spacial score (nSPS) is 32.0. The molecule has 5 atom stereocenters. The lowest BCUT2D eigenvalue weighted by Gasteiger charge is -2.30. The van der Waals surface area contributed by atoms with E-state index < -0.39 is 0 Å². The maximum Gasteiger partial charge on any atom is 0.130 e. The molecule has 7 heteroatoms. The van der Waals surface area contributed by atoms with E-state index in [0.29, 0.717) is 24.0 Å². The Balaban J connectivity index is 1.21. The zero-order chi connectivity index (χ0) is 21.7. The summed E-state index contributed by atoms with van der Waals surface area (Å²) in [4.78, 5) is 17.9. The highest BCUT2D eigenvalue weighted by Gasteiger charge is 2.51. The highest BCUT2D eigenvalue weighted by molar-refractivity contribution is 7.98. The van der Waals surface area contributed by atoms with Crippen molar-refractivity contribution in [1.82, 2.24) is 20.2 Å². The van der Waals surface area contributed by atoms with Crippen molar-refractivity contribution in [3.05, 3.63) is 42.1 Å². The average molecular weight is 451 g/mol. The van der Waals surface area contributed by atoms with Crippen LogP contribution in [-0.4, -0.2) is 78.5 Å². The van der Waals surface area contributed by atoms with Gasteiger partial charge in [0.15, 0.2) is 0 Å². The molecule has 2 aromatic heterocycles. The van der Waals surface area contributed by atoms with Gasteiger partial charge < -0.3 is 15.1 Å². The van der Waals surface area contributed by atoms with Gasteiger partial charge in [0.1, 0.15) is 11.6 Å². The Morgan fingerprint density at radius 1 is 0.938 bits per heavy atom. The number of thioether (sulfide) groups is 1. The number of rotatable bonds is 5. The summed E-state index contributed by atoms with van der Waals surface area (Å²) in [5, 5.41) is 4.80. The molecule has 1 N–H and O–H groups in total. The summed E-state index contributed by atoms with van der Waals surface area (Å²) in [5.74, 6) is 3.79. The third-order valence-electron chi connectivity index (χ3n) is 8.21. The topological polar surface area (TPSA) is 47.5 Å². The first-order valence-corrected chi connectivity index (χ1v) is 13.4. The van der Waals surface area contributed by atoms with Gasteiger partial charge in [-0.3, -0.25) is 4.90 Å². The maximum atomic E-state index is 4.98. The Hall–Kier alpha value is -1.83. The van der Waals surface area contributed by atoms with Crippen LogP contribution in [0.25, 0.3) is 0 Å². The van der Waals surface area contributed by atoms with Crippen molar-refractivity contribution in [1.29, 1.82) is 0 Å². The third kappa shape index (κ3) is 3.49. The van der Waals surface area contributed by atoms with Crippen molar-refractivity contribution < 1.29 is 0 Å². The van der Waals surface area contributed by atoms with Crippen molar-refractivity contribution in [2.45, 2.75) is 42.9 Å². The van der Waals surface area contributed by atoms with Gasteiger partial charge >= 0.3 is 0 Å². The summed E-state index contributed by atoms with van der Waals surface area (Å²) in [6, 6.07) is 14.8. The van der Waals surface area contributed by atoms with Crippen molar-refractivity contribution in [3.63, 3.8) is 0 Å². The fraction of sp³-hybridized carbons (Fsp3) is 0.600. The monoisotopic (exact) mass is 450 g/mol. The summed E-state index contributed by atoms with van der Waals surface area (Å²) in [5.41, 5.74) is 1.19. The highest BCUT2D eigenvalue weighted by atomic mass is 32.2. The van der Waals surface area contributed by atoms with Crippen molar-refractivity contribution >= 4 is 23.4 Å². The zero-order valence-electron chi connectivity index (χ0n) is 19.2. The van der Waals surface area contributed by atoms with Crippen LogP contribution in [0.5, 0.6) is 0 Å². The van der Waals surface area contributed by atoms with Gasteiger partial charge in [-0.25, -0.2) is 9.97 Å². The second kappa shape index (κ2) is 8.50. The largest absolute Gasteiger partial charge is 0.352 e. The number of pyridine rings is 2. The summed E-state index contributed by atoms with van der Waals surface area (Å²) >= 11 is 1.73. The standard InChI is InChI=1S/C25H34N6S/c1-3-18-6-4-7-23(27-18)31-16-22(19-12-26-13-20(19)31)29-14-17-10-11-30(21(17)15-29)24-8-5-9-25(28-24)32-2/h4-9,17,19-22,26H,3,10-16H2,1-2H3/t17-,19+,20-,21+,22?/m0/s1. The number of likely N-dealkylation sites (tertiary alicyclic amines) is 1. The quantitative estimate of drug-likeness (QED) is 0.703. The van der Waals surface area contributed by atoms with E-state index in [-0.39, 0.29) is 0 Å². The molecule has 0 spiro atoms. The van der Waals surface area contributed by atoms with Crippen LogP contribution < -0.4 is 15.1 Å². The lowest BCUT2D eigenvalue weighted by molar-refractivity contribution is 0.201. The smallest absolute Gasteiger partial charge is 0.130 e.